The maximum Gasteiger partial charge on any atom is 0.510 e. The number of hydrogen-bond acceptors (Lipinski definition) is 18. The summed E-state index contributed by atoms with van der Waals surface area (Å²) in [4.78, 5) is 61.5. The maximum atomic E-state index is 14.7. The SMILES string of the molecule is CC(C)OC(=O)OCOP(=O)(OCOC(=O)OC(C)C)OC1[C@]2(O)[C@@](C)(O)[C@H](n3ccc(=O)n(COC(=O)C(N)C(C)C)c3=O)O[C@]12CF. The molecule has 2 heterocycles. The fraction of sp³-hybridized carbons (Fsp3) is 0.741. The first-order valence-corrected chi connectivity index (χ1v) is 16.3. The highest BCUT2D eigenvalue weighted by Gasteiger charge is 2.93. The average Bonchev–Trinajstić information content (AvgIpc) is 3.43. The third-order valence-electron chi connectivity index (χ3n) is 7.49. The van der Waals surface area contributed by atoms with Crippen molar-refractivity contribution in [3.8, 4) is 0 Å². The Hall–Kier alpha value is -3.43. The fourth-order valence-corrected chi connectivity index (χ4v) is 5.92. The van der Waals surface area contributed by atoms with E-state index < -0.39 is 112 Å². The number of nitrogens with zero attached hydrogens (tertiary/aromatic N) is 2. The van der Waals surface area contributed by atoms with Crippen molar-refractivity contribution < 1.29 is 75.5 Å². The summed E-state index contributed by atoms with van der Waals surface area (Å²) in [5.74, 6) is -1.24. The zero-order chi connectivity index (χ0) is 37.1. The van der Waals surface area contributed by atoms with E-state index in [-0.39, 0.29) is 5.92 Å². The molecule has 22 heteroatoms. The van der Waals surface area contributed by atoms with Crippen LogP contribution in [0.3, 0.4) is 0 Å². The van der Waals surface area contributed by atoms with Crippen molar-refractivity contribution in [2.75, 3.05) is 20.3 Å². The molecule has 4 N–H and O–H groups in total. The predicted octanol–water partition coefficient (Wildman–Crippen LogP) is 0.792. The van der Waals surface area contributed by atoms with Gasteiger partial charge < -0.3 is 44.4 Å². The quantitative estimate of drug-likeness (QED) is 0.0919. The molecule has 1 aliphatic heterocycles. The highest BCUT2D eigenvalue weighted by atomic mass is 31.2. The molecule has 278 valence electrons. The van der Waals surface area contributed by atoms with E-state index in [1.165, 1.54) is 27.7 Å². The van der Waals surface area contributed by atoms with E-state index in [0.29, 0.717) is 9.13 Å². The van der Waals surface area contributed by atoms with E-state index in [1.54, 1.807) is 13.8 Å². The van der Waals surface area contributed by atoms with E-state index in [1.807, 2.05) is 0 Å². The Morgan fingerprint density at radius 2 is 1.53 bits per heavy atom. The smallest absolute Gasteiger partial charge is 0.442 e. The Bertz CT molecular complexity index is 1510. The Balaban J connectivity index is 1.86. The third-order valence-corrected chi connectivity index (χ3v) is 8.80. The molecule has 2 fully saturated rings. The normalized spacial score (nSPS) is 26.7. The molecule has 2 unspecified atom stereocenters. The van der Waals surface area contributed by atoms with E-state index in [4.69, 9.17) is 38.3 Å². The molecule has 0 radical (unpaired) electrons. The molecule has 1 saturated carbocycles. The Morgan fingerprint density at radius 1 is 1.00 bits per heavy atom. The van der Waals surface area contributed by atoms with Gasteiger partial charge in [0.1, 0.15) is 24.4 Å². The van der Waals surface area contributed by atoms with Crippen molar-refractivity contribution in [3.05, 3.63) is 33.1 Å². The van der Waals surface area contributed by atoms with Crippen LogP contribution in [-0.4, -0.2) is 99.0 Å². The van der Waals surface area contributed by atoms with Crippen LogP contribution in [0.5, 0.6) is 0 Å². The molecule has 6 atom stereocenters. The minimum atomic E-state index is -5.11. The molecule has 3 rings (SSSR count). The number of hydrogen-bond donors (Lipinski definition) is 3. The van der Waals surface area contributed by atoms with Gasteiger partial charge in [-0.2, -0.15) is 0 Å². The monoisotopic (exact) mass is 729 g/mol. The molecule has 0 aromatic carbocycles. The Morgan fingerprint density at radius 3 is 1.98 bits per heavy atom. The number of esters is 1. The number of carbonyl (C=O) groups is 3. The zero-order valence-corrected chi connectivity index (χ0v) is 28.7. The molecular weight excluding hydrogens is 688 g/mol. The van der Waals surface area contributed by atoms with Gasteiger partial charge in [0.2, 0.25) is 13.6 Å². The number of fused-ring (bicyclic) bond motifs is 1. The highest BCUT2D eigenvalue weighted by Crippen LogP contribution is 2.72. The van der Waals surface area contributed by atoms with Crippen LogP contribution in [0, 0.1) is 5.92 Å². The first-order chi connectivity index (χ1) is 22.7. The van der Waals surface area contributed by atoms with Gasteiger partial charge in [-0.1, -0.05) is 13.8 Å². The Labute approximate surface area is 278 Å². The van der Waals surface area contributed by atoms with E-state index in [0.717, 1.165) is 19.2 Å². The molecule has 49 heavy (non-hydrogen) atoms. The van der Waals surface area contributed by atoms with Crippen LogP contribution in [0.2, 0.25) is 0 Å². The summed E-state index contributed by atoms with van der Waals surface area (Å²) in [5, 5.41) is 23.1. The topological polar surface area (TPSA) is 262 Å². The molecule has 2 aliphatic rings. The van der Waals surface area contributed by atoms with Gasteiger partial charge in [0.25, 0.3) is 5.56 Å². The largest absolute Gasteiger partial charge is 0.510 e. The van der Waals surface area contributed by atoms with Gasteiger partial charge >= 0.3 is 31.8 Å². The predicted molar refractivity (Wildman–Crippen MR) is 158 cm³/mol. The molecule has 0 amide bonds. The molecule has 1 aliphatic carbocycles. The van der Waals surface area contributed by atoms with Gasteiger partial charge in [0, 0.05) is 12.3 Å². The number of alkyl halides is 1. The molecule has 0 spiro atoms. The Kier molecular flexibility index (Phi) is 12.4. The lowest BCUT2D eigenvalue weighted by atomic mass is 9.94. The number of ether oxygens (including phenoxy) is 6. The number of nitrogens with two attached hydrogens (primary N) is 1. The number of phosphoric ester groups is 1. The fourth-order valence-electron chi connectivity index (χ4n) is 4.78. The number of phosphoric acid groups is 1. The summed E-state index contributed by atoms with van der Waals surface area (Å²) < 4.78 is 74.0. The first-order valence-electron chi connectivity index (χ1n) is 14.8. The summed E-state index contributed by atoms with van der Waals surface area (Å²) in [6.07, 6.45) is -6.78. The highest BCUT2D eigenvalue weighted by molar-refractivity contribution is 7.48. The van der Waals surface area contributed by atoms with Crippen molar-refractivity contribution in [1.82, 2.24) is 9.13 Å². The number of carbonyl (C=O) groups excluding carboxylic acids is 3. The average molecular weight is 730 g/mol. The van der Waals surface area contributed by atoms with Crippen LogP contribution in [0.15, 0.2) is 21.9 Å². The van der Waals surface area contributed by atoms with E-state index in [2.05, 4.69) is 9.47 Å². The lowest BCUT2D eigenvalue weighted by Gasteiger charge is -2.33. The minimum Gasteiger partial charge on any atom is -0.442 e. The molecule has 1 aromatic rings. The summed E-state index contributed by atoms with van der Waals surface area (Å²) in [6.45, 7) is 5.49. The van der Waals surface area contributed by atoms with Crippen molar-refractivity contribution in [2.24, 2.45) is 11.7 Å². The van der Waals surface area contributed by atoms with Crippen molar-refractivity contribution in [3.63, 3.8) is 0 Å². The van der Waals surface area contributed by atoms with Crippen molar-refractivity contribution in [2.45, 2.75) is 103 Å². The van der Waals surface area contributed by atoms with Crippen molar-refractivity contribution in [1.29, 1.82) is 0 Å². The number of aliphatic hydroxyl groups is 2. The number of halogens is 1. The van der Waals surface area contributed by atoms with Crippen LogP contribution < -0.4 is 17.0 Å². The van der Waals surface area contributed by atoms with Crippen LogP contribution in [-0.2, 0) is 58.1 Å². The minimum absolute atomic E-state index is 0.327. The summed E-state index contributed by atoms with van der Waals surface area (Å²) in [6, 6.07) is -0.209. The molecule has 1 saturated heterocycles. The summed E-state index contributed by atoms with van der Waals surface area (Å²) in [7, 11) is -5.11. The van der Waals surface area contributed by atoms with Gasteiger partial charge in [0.05, 0.1) is 12.2 Å². The third kappa shape index (κ3) is 8.15. The molecule has 20 nitrogen and oxygen atoms in total. The zero-order valence-electron chi connectivity index (χ0n) is 27.8. The first kappa shape index (κ1) is 40.0. The van der Waals surface area contributed by atoms with Gasteiger partial charge in [-0.15, -0.1) is 0 Å². The van der Waals surface area contributed by atoms with Crippen LogP contribution in [0.25, 0.3) is 0 Å². The number of rotatable bonds is 16. The second-order valence-corrected chi connectivity index (χ2v) is 13.7. The van der Waals surface area contributed by atoms with Gasteiger partial charge in [-0.3, -0.25) is 18.7 Å². The van der Waals surface area contributed by atoms with Crippen molar-refractivity contribution >= 4 is 26.1 Å². The van der Waals surface area contributed by atoms with Crippen LogP contribution in [0.1, 0.15) is 54.7 Å². The molecule has 1 aromatic heterocycles. The van der Waals surface area contributed by atoms with E-state index in [9.17, 15) is 43.1 Å². The summed E-state index contributed by atoms with van der Waals surface area (Å²) >= 11 is 0. The molecule has 0 bridgehead atoms. The lowest BCUT2D eigenvalue weighted by molar-refractivity contribution is -0.169. The lowest BCUT2D eigenvalue weighted by Crippen LogP contribution is -2.52. The summed E-state index contributed by atoms with van der Waals surface area (Å²) in [5.41, 5.74) is -4.36. The van der Waals surface area contributed by atoms with Crippen LogP contribution >= 0.6 is 7.82 Å². The van der Waals surface area contributed by atoms with E-state index >= 15 is 0 Å². The standard InChI is InChI=1S/C27H41FN3O17P/c1-14(2)18(29)19(33)40-11-31-17(32)8-9-30(22(31)34)21-25(7,37)27(38)20(26(27,10-28)47-21)48-49(39,43-12-41-23(35)45-15(3)4)44-13-42-24(36)46-16(5)6/h8-9,14-16,18,20-21,37-38H,10-13,29H2,1-7H3/t18?,20?,21-,25+,26-,27+/m1/s1. The second-order valence-electron chi connectivity index (χ2n) is 12.1. The maximum absolute atomic E-state index is 14.7. The van der Waals surface area contributed by atoms with Gasteiger partial charge in [-0.25, -0.2) is 37.0 Å². The molecular formula is C27H41FN3O17P. The van der Waals surface area contributed by atoms with Gasteiger partial charge in [0.15, 0.2) is 24.2 Å². The second kappa shape index (κ2) is 15.2. The number of aromatic nitrogens is 2. The van der Waals surface area contributed by atoms with Gasteiger partial charge in [-0.05, 0) is 40.5 Å². The van der Waals surface area contributed by atoms with Crippen LogP contribution in [0.4, 0.5) is 14.0 Å².